The fourth-order valence-corrected chi connectivity index (χ4v) is 2.29. The summed E-state index contributed by atoms with van der Waals surface area (Å²) in [5.74, 6) is 0.221. The summed E-state index contributed by atoms with van der Waals surface area (Å²) in [6.45, 7) is -0.00190. The SMILES string of the molecule is CN1C(=O)COc2cc(NC(=O)c3ccc(Cl)cc3)ccc21. The third-order valence-corrected chi connectivity index (χ3v) is 3.66. The molecule has 1 aliphatic rings. The van der Waals surface area contributed by atoms with E-state index in [1.807, 2.05) is 0 Å². The zero-order valence-corrected chi connectivity index (χ0v) is 12.6. The van der Waals surface area contributed by atoms with Crippen LogP contribution in [-0.4, -0.2) is 25.5 Å². The molecule has 0 atom stereocenters. The summed E-state index contributed by atoms with van der Waals surface area (Å²) in [5, 5.41) is 3.36. The molecule has 0 bridgehead atoms. The van der Waals surface area contributed by atoms with E-state index in [0.29, 0.717) is 27.7 Å². The van der Waals surface area contributed by atoms with Crippen molar-refractivity contribution in [2.75, 3.05) is 23.9 Å². The van der Waals surface area contributed by atoms with E-state index in [9.17, 15) is 9.59 Å². The highest BCUT2D eigenvalue weighted by molar-refractivity contribution is 6.30. The van der Waals surface area contributed by atoms with Crippen molar-refractivity contribution in [3.05, 3.63) is 53.1 Å². The van der Waals surface area contributed by atoms with Gasteiger partial charge in [0, 0.05) is 29.4 Å². The molecule has 0 saturated heterocycles. The van der Waals surface area contributed by atoms with Gasteiger partial charge in [-0.15, -0.1) is 0 Å². The average Bonchev–Trinajstić information content (AvgIpc) is 2.51. The number of ether oxygens (including phenoxy) is 1. The minimum atomic E-state index is -0.239. The predicted molar refractivity (Wildman–Crippen MR) is 84.8 cm³/mol. The first-order chi connectivity index (χ1) is 10.5. The van der Waals surface area contributed by atoms with Crippen LogP contribution >= 0.6 is 11.6 Å². The van der Waals surface area contributed by atoms with E-state index in [4.69, 9.17) is 16.3 Å². The highest BCUT2D eigenvalue weighted by Crippen LogP contribution is 2.33. The first kappa shape index (κ1) is 14.4. The number of carbonyl (C=O) groups excluding carboxylic acids is 2. The molecule has 0 saturated carbocycles. The van der Waals surface area contributed by atoms with E-state index in [2.05, 4.69) is 5.32 Å². The number of anilines is 2. The number of carbonyl (C=O) groups is 2. The molecule has 0 aromatic heterocycles. The Morgan fingerprint density at radius 1 is 1.23 bits per heavy atom. The van der Waals surface area contributed by atoms with E-state index in [1.54, 1.807) is 49.5 Å². The number of rotatable bonds is 2. The van der Waals surface area contributed by atoms with Crippen LogP contribution in [0.1, 0.15) is 10.4 Å². The van der Waals surface area contributed by atoms with Crippen LogP contribution in [0.15, 0.2) is 42.5 Å². The van der Waals surface area contributed by atoms with Gasteiger partial charge in [-0.2, -0.15) is 0 Å². The summed E-state index contributed by atoms with van der Waals surface area (Å²) in [7, 11) is 1.69. The van der Waals surface area contributed by atoms with Gasteiger partial charge in [0.1, 0.15) is 5.75 Å². The Labute approximate surface area is 132 Å². The van der Waals surface area contributed by atoms with Crippen molar-refractivity contribution < 1.29 is 14.3 Å². The summed E-state index contributed by atoms with van der Waals surface area (Å²) < 4.78 is 5.39. The lowest BCUT2D eigenvalue weighted by Gasteiger charge is -2.26. The van der Waals surface area contributed by atoms with Gasteiger partial charge in [0.05, 0.1) is 5.69 Å². The van der Waals surface area contributed by atoms with E-state index in [-0.39, 0.29) is 18.4 Å². The molecule has 5 nitrogen and oxygen atoms in total. The van der Waals surface area contributed by atoms with E-state index >= 15 is 0 Å². The molecule has 3 rings (SSSR count). The van der Waals surface area contributed by atoms with Crippen LogP contribution in [0, 0.1) is 0 Å². The Morgan fingerprint density at radius 3 is 2.68 bits per heavy atom. The maximum atomic E-state index is 12.2. The molecule has 0 aliphatic carbocycles. The average molecular weight is 317 g/mol. The maximum Gasteiger partial charge on any atom is 0.264 e. The minimum Gasteiger partial charge on any atom is -0.481 e. The van der Waals surface area contributed by atoms with Crippen LogP contribution in [0.3, 0.4) is 0 Å². The molecule has 0 unspecified atom stereocenters. The van der Waals surface area contributed by atoms with Crippen molar-refractivity contribution in [2.45, 2.75) is 0 Å². The monoisotopic (exact) mass is 316 g/mol. The Morgan fingerprint density at radius 2 is 1.95 bits per heavy atom. The smallest absolute Gasteiger partial charge is 0.264 e. The molecule has 22 heavy (non-hydrogen) atoms. The normalized spacial score (nSPS) is 13.4. The molecule has 112 valence electrons. The second-order valence-corrected chi connectivity index (χ2v) is 5.32. The van der Waals surface area contributed by atoms with Gasteiger partial charge in [0.15, 0.2) is 6.61 Å². The van der Waals surface area contributed by atoms with Gasteiger partial charge in [0.25, 0.3) is 11.8 Å². The maximum absolute atomic E-state index is 12.2. The number of likely N-dealkylation sites (N-methyl/N-ethyl adjacent to an activating group) is 1. The van der Waals surface area contributed by atoms with Gasteiger partial charge in [0.2, 0.25) is 0 Å². The second-order valence-electron chi connectivity index (χ2n) is 4.88. The quantitative estimate of drug-likeness (QED) is 0.926. The van der Waals surface area contributed by atoms with Gasteiger partial charge in [-0.25, -0.2) is 0 Å². The van der Waals surface area contributed by atoms with Crippen LogP contribution in [0.2, 0.25) is 5.02 Å². The molecule has 6 heteroatoms. The van der Waals surface area contributed by atoms with Crippen molar-refractivity contribution >= 4 is 34.8 Å². The topological polar surface area (TPSA) is 58.6 Å². The number of amides is 2. The highest BCUT2D eigenvalue weighted by Gasteiger charge is 2.22. The van der Waals surface area contributed by atoms with Crippen molar-refractivity contribution in [3.8, 4) is 5.75 Å². The molecular weight excluding hydrogens is 304 g/mol. The molecule has 0 fully saturated rings. The molecule has 2 aromatic carbocycles. The second kappa shape index (κ2) is 5.69. The van der Waals surface area contributed by atoms with Gasteiger partial charge < -0.3 is 15.0 Å². The molecule has 1 N–H and O–H groups in total. The number of hydrogen-bond donors (Lipinski definition) is 1. The van der Waals surface area contributed by atoms with Crippen molar-refractivity contribution in [3.63, 3.8) is 0 Å². The molecule has 2 aromatic rings. The lowest BCUT2D eigenvalue weighted by atomic mass is 10.2. The standard InChI is InChI=1S/C16H13ClN2O3/c1-19-13-7-6-12(8-14(13)22-9-15(19)20)18-16(21)10-2-4-11(17)5-3-10/h2-8H,9H2,1H3,(H,18,21). The molecule has 1 heterocycles. The largest absolute Gasteiger partial charge is 0.481 e. The van der Waals surface area contributed by atoms with Gasteiger partial charge in [-0.3, -0.25) is 9.59 Å². The van der Waals surface area contributed by atoms with Crippen LogP contribution in [-0.2, 0) is 4.79 Å². The molecular formula is C16H13ClN2O3. The number of nitrogens with zero attached hydrogens (tertiary/aromatic N) is 1. The van der Waals surface area contributed by atoms with Crippen LogP contribution < -0.4 is 15.0 Å². The van der Waals surface area contributed by atoms with Gasteiger partial charge in [-0.05, 0) is 36.4 Å². The summed E-state index contributed by atoms with van der Waals surface area (Å²) >= 11 is 5.80. The van der Waals surface area contributed by atoms with Crippen LogP contribution in [0.4, 0.5) is 11.4 Å². The minimum absolute atomic E-state index is 0.00190. The first-order valence-electron chi connectivity index (χ1n) is 6.65. The fraction of sp³-hybridized carbons (Fsp3) is 0.125. The van der Waals surface area contributed by atoms with E-state index in [0.717, 1.165) is 0 Å². The zero-order chi connectivity index (χ0) is 15.7. The Hall–Kier alpha value is -2.53. The molecule has 1 aliphatic heterocycles. The van der Waals surface area contributed by atoms with Crippen molar-refractivity contribution in [1.29, 1.82) is 0 Å². The lowest BCUT2D eigenvalue weighted by molar-refractivity contribution is -0.120. The number of benzene rings is 2. The number of hydrogen-bond acceptors (Lipinski definition) is 3. The fourth-order valence-electron chi connectivity index (χ4n) is 2.16. The number of halogens is 1. The number of fused-ring (bicyclic) bond motifs is 1. The van der Waals surface area contributed by atoms with Gasteiger partial charge >= 0.3 is 0 Å². The zero-order valence-electron chi connectivity index (χ0n) is 11.8. The van der Waals surface area contributed by atoms with Crippen LogP contribution in [0.25, 0.3) is 0 Å². The van der Waals surface area contributed by atoms with Crippen molar-refractivity contribution in [2.24, 2.45) is 0 Å². The summed E-state index contributed by atoms with van der Waals surface area (Å²) in [6.07, 6.45) is 0. The first-order valence-corrected chi connectivity index (χ1v) is 7.03. The third kappa shape index (κ3) is 2.76. The Balaban J connectivity index is 1.80. The summed E-state index contributed by atoms with van der Waals surface area (Å²) in [5.41, 5.74) is 1.79. The molecule has 0 spiro atoms. The van der Waals surface area contributed by atoms with Crippen LogP contribution in [0.5, 0.6) is 5.75 Å². The molecule has 2 amide bonds. The van der Waals surface area contributed by atoms with Crippen molar-refractivity contribution in [1.82, 2.24) is 0 Å². The Kier molecular flexibility index (Phi) is 3.73. The number of nitrogens with one attached hydrogen (secondary N) is 1. The van der Waals surface area contributed by atoms with E-state index < -0.39 is 0 Å². The molecule has 0 radical (unpaired) electrons. The van der Waals surface area contributed by atoms with Gasteiger partial charge in [-0.1, -0.05) is 11.6 Å². The summed E-state index contributed by atoms with van der Waals surface area (Å²) in [6, 6.07) is 11.8. The van der Waals surface area contributed by atoms with E-state index in [1.165, 1.54) is 4.90 Å². The predicted octanol–water partition coefficient (Wildman–Crippen LogP) is 2.95. The third-order valence-electron chi connectivity index (χ3n) is 3.41. The lowest BCUT2D eigenvalue weighted by Crippen LogP contribution is -2.35. The summed E-state index contributed by atoms with van der Waals surface area (Å²) in [4.78, 5) is 25.2. The highest BCUT2D eigenvalue weighted by atomic mass is 35.5. The Bertz CT molecular complexity index is 744.